The molecule has 2 aromatic rings. The Hall–Kier alpha value is -1.10. The molecule has 3 heteroatoms. The van der Waals surface area contributed by atoms with Gasteiger partial charge in [0.1, 0.15) is 18.2 Å². The number of hydrogen-bond acceptors (Lipinski definition) is 1. The van der Waals surface area contributed by atoms with Gasteiger partial charge in [0.25, 0.3) is 0 Å². The zero-order chi connectivity index (χ0) is 11.4. The number of hydrogen-bond donors (Lipinski definition) is 0. The van der Waals surface area contributed by atoms with Crippen molar-refractivity contribution in [2.75, 3.05) is 0 Å². The largest absolute Gasteiger partial charge is 0.488 e. The molecule has 0 aliphatic heterocycles. The van der Waals surface area contributed by atoms with Gasteiger partial charge < -0.3 is 4.74 Å². The predicted molar refractivity (Wildman–Crippen MR) is 69.9 cm³/mol. The third-order valence-corrected chi connectivity index (χ3v) is 3.01. The first-order valence-corrected chi connectivity index (χ1v) is 5.95. The number of ether oxygens (including phenoxy) is 1. The van der Waals surface area contributed by atoms with Gasteiger partial charge in [-0.15, -0.1) is 0 Å². The molecule has 2 aromatic carbocycles. The fraction of sp³-hybridized carbons (Fsp3) is 0.0769. The lowest BCUT2D eigenvalue weighted by atomic mass is 10.2. The second kappa shape index (κ2) is 5.30. The molecule has 16 heavy (non-hydrogen) atoms. The van der Waals surface area contributed by atoms with Gasteiger partial charge in [-0.25, -0.2) is 4.39 Å². The average Bonchev–Trinajstić information content (AvgIpc) is 2.28. The van der Waals surface area contributed by atoms with E-state index in [0.717, 1.165) is 14.9 Å². The second-order valence-corrected chi connectivity index (χ2v) is 4.51. The summed E-state index contributed by atoms with van der Waals surface area (Å²) in [4.78, 5) is 0. The highest BCUT2D eigenvalue weighted by molar-refractivity contribution is 14.1. The van der Waals surface area contributed by atoms with Gasteiger partial charge in [-0.05, 0) is 52.4 Å². The summed E-state index contributed by atoms with van der Waals surface area (Å²) in [5, 5.41) is 0. The van der Waals surface area contributed by atoms with Crippen LogP contribution in [0.1, 0.15) is 5.56 Å². The Morgan fingerprint density at radius 2 is 1.88 bits per heavy atom. The van der Waals surface area contributed by atoms with Gasteiger partial charge in [0.2, 0.25) is 0 Å². The molecule has 82 valence electrons. The van der Waals surface area contributed by atoms with Crippen LogP contribution in [-0.4, -0.2) is 0 Å². The van der Waals surface area contributed by atoms with Gasteiger partial charge >= 0.3 is 0 Å². The Labute approximate surface area is 107 Å². The fourth-order valence-electron chi connectivity index (χ4n) is 1.35. The molecule has 1 nitrogen and oxygen atoms in total. The number of rotatable bonds is 3. The van der Waals surface area contributed by atoms with Crippen molar-refractivity contribution in [2.45, 2.75) is 6.61 Å². The van der Waals surface area contributed by atoms with Crippen LogP contribution in [0.4, 0.5) is 4.39 Å². The van der Waals surface area contributed by atoms with Crippen LogP contribution in [0.3, 0.4) is 0 Å². The highest BCUT2D eigenvalue weighted by atomic mass is 127. The zero-order valence-electron chi connectivity index (χ0n) is 8.49. The van der Waals surface area contributed by atoms with Crippen molar-refractivity contribution in [2.24, 2.45) is 0 Å². The molecule has 0 heterocycles. The van der Waals surface area contributed by atoms with Crippen LogP contribution in [0.2, 0.25) is 0 Å². The van der Waals surface area contributed by atoms with Gasteiger partial charge in [-0.3, -0.25) is 0 Å². The first-order valence-electron chi connectivity index (χ1n) is 4.87. The van der Waals surface area contributed by atoms with Crippen LogP contribution in [0.25, 0.3) is 0 Å². The van der Waals surface area contributed by atoms with Gasteiger partial charge in [0.05, 0.1) is 3.57 Å². The van der Waals surface area contributed by atoms with Crippen LogP contribution < -0.4 is 4.74 Å². The van der Waals surface area contributed by atoms with Crippen molar-refractivity contribution in [1.29, 1.82) is 0 Å². The van der Waals surface area contributed by atoms with E-state index in [4.69, 9.17) is 4.74 Å². The molecule has 0 aliphatic carbocycles. The van der Waals surface area contributed by atoms with E-state index in [1.54, 1.807) is 6.07 Å². The van der Waals surface area contributed by atoms with E-state index in [1.165, 1.54) is 12.1 Å². The monoisotopic (exact) mass is 328 g/mol. The summed E-state index contributed by atoms with van der Waals surface area (Å²) in [6.07, 6.45) is 0. The van der Waals surface area contributed by atoms with E-state index in [0.29, 0.717) is 6.61 Å². The molecule has 0 bridgehead atoms. The molecule has 0 saturated carbocycles. The Kier molecular flexibility index (Phi) is 3.77. The highest BCUT2D eigenvalue weighted by Gasteiger charge is 2.00. The molecule has 2 rings (SSSR count). The molecule has 0 unspecified atom stereocenters. The van der Waals surface area contributed by atoms with E-state index in [1.807, 2.05) is 30.3 Å². The van der Waals surface area contributed by atoms with Crippen molar-refractivity contribution < 1.29 is 9.13 Å². The summed E-state index contributed by atoms with van der Waals surface area (Å²) in [6, 6.07) is 14.2. The van der Waals surface area contributed by atoms with Crippen LogP contribution >= 0.6 is 22.6 Å². The third-order valence-electron chi connectivity index (χ3n) is 2.12. The molecule has 0 atom stereocenters. The molecule has 0 aliphatic rings. The van der Waals surface area contributed by atoms with Gasteiger partial charge in [-0.2, -0.15) is 0 Å². The summed E-state index contributed by atoms with van der Waals surface area (Å²) in [6.45, 7) is 0.387. The lowest BCUT2D eigenvalue weighted by molar-refractivity contribution is 0.303. The molecule has 0 radical (unpaired) electrons. The Morgan fingerprint density at radius 1 is 1.06 bits per heavy atom. The maximum Gasteiger partial charge on any atom is 0.133 e. The maximum absolute atomic E-state index is 12.9. The van der Waals surface area contributed by atoms with Crippen molar-refractivity contribution in [3.8, 4) is 5.75 Å². The van der Waals surface area contributed by atoms with Crippen molar-refractivity contribution in [1.82, 2.24) is 0 Å². The SMILES string of the molecule is Fc1cccc(COc2ccccc2I)c1. The predicted octanol–water partition coefficient (Wildman–Crippen LogP) is 4.01. The standard InChI is InChI=1S/C13H10FIO/c14-11-5-3-4-10(8-11)9-16-13-7-2-1-6-12(13)15/h1-8H,9H2. The van der Waals surface area contributed by atoms with Crippen molar-refractivity contribution >= 4 is 22.6 Å². The number of para-hydroxylation sites is 1. The fourth-order valence-corrected chi connectivity index (χ4v) is 1.89. The molecular formula is C13H10FIO. The topological polar surface area (TPSA) is 9.23 Å². The third kappa shape index (κ3) is 2.95. The Balaban J connectivity index is 2.05. The van der Waals surface area contributed by atoms with E-state index < -0.39 is 0 Å². The van der Waals surface area contributed by atoms with E-state index in [9.17, 15) is 4.39 Å². The lowest BCUT2D eigenvalue weighted by Crippen LogP contribution is -1.97. The molecule has 0 N–H and O–H groups in total. The first kappa shape index (κ1) is 11.4. The summed E-state index contributed by atoms with van der Waals surface area (Å²) in [5.41, 5.74) is 0.833. The summed E-state index contributed by atoms with van der Waals surface area (Å²) < 4.78 is 19.6. The van der Waals surface area contributed by atoms with Crippen LogP contribution in [0.15, 0.2) is 48.5 Å². The minimum Gasteiger partial charge on any atom is -0.488 e. The van der Waals surface area contributed by atoms with Crippen LogP contribution in [0.5, 0.6) is 5.75 Å². The average molecular weight is 328 g/mol. The second-order valence-electron chi connectivity index (χ2n) is 3.35. The highest BCUT2D eigenvalue weighted by Crippen LogP contribution is 2.20. The molecule has 0 spiro atoms. The van der Waals surface area contributed by atoms with Gasteiger partial charge in [-0.1, -0.05) is 24.3 Å². The Bertz CT molecular complexity index is 485. The van der Waals surface area contributed by atoms with Crippen LogP contribution in [0, 0.1) is 9.39 Å². The quantitative estimate of drug-likeness (QED) is 0.774. The minimum absolute atomic E-state index is 0.233. The molecule has 0 aromatic heterocycles. The first-order chi connectivity index (χ1) is 7.75. The number of benzene rings is 2. The Morgan fingerprint density at radius 3 is 2.62 bits per heavy atom. The van der Waals surface area contributed by atoms with Crippen molar-refractivity contribution in [3.05, 3.63) is 63.5 Å². The van der Waals surface area contributed by atoms with Crippen molar-refractivity contribution in [3.63, 3.8) is 0 Å². The molecule has 0 fully saturated rings. The molecule has 0 amide bonds. The van der Waals surface area contributed by atoms with E-state index >= 15 is 0 Å². The molecule has 0 saturated heterocycles. The van der Waals surface area contributed by atoms with E-state index in [-0.39, 0.29) is 5.82 Å². The minimum atomic E-state index is -0.233. The zero-order valence-corrected chi connectivity index (χ0v) is 10.6. The maximum atomic E-state index is 12.9. The normalized spacial score (nSPS) is 10.1. The summed E-state index contributed by atoms with van der Waals surface area (Å²) >= 11 is 2.21. The summed E-state index contributed by atoms with van der Waals surface area (Å²) in [5.74, 6) is 0.594. The summed E-state index contributed by atoms with van der Waals surface area (Å²) in [7, 11) is 0. The van der Waals surface area contributed by atoms with Crippen LogP contribution in [-0.2, 0) is 6.61 Å². The lowest BCUT2D eigenvalue weighted by Gasteiger charge is -2.07. The smallest absolute Gasteiger partial charge is 0.133 e. The van der Waals surface area contributed by atoms with E-state index in [2.05, 4.69) is 22.6 Å². The number of halogens is 2. The van der Waals surface area contributed by atoms with Gasteiger partial charge in [0.15, 0.2) is 0 Å². The van der Waals surface area contributed by atoms with Gasteiger partial charge in [0, 0.05) is 0 Å². The molecular weight excluding hydrogens is 318 g/mol.